The van der Waals surface area contributed by atoms with Gasteiger partial charge >= 0.3 is 0 Å². The Hall–Kier alpha value is -0.750. The van der Waals surface area contributed by atoms with Crippen LogP contribution < -0.4 is 0 Å². The summed E-state index contributed by atoms with van der Waals surface area (Å²) in [5.41, 5.74) is 4.24. The fraction of sp³-hybridized carbons (Fsp3) is 0.429. The molecule has 0 radical (unpaired) electrons. The number of aryl methyl sites for hydroxylation is 2. The van der Waals surface area contributed by atoms with E-state index in [1.54, 1.807) is 5.57 Å². The maximum absolute atomic E-state index is 6.00. The van der Waals surface area contributed by atoms with Crippen molar-refractivity contribution in [2.45, 2.75) is 39.0 Å². The SMILES string of the molecule is Cc1cc(CCC2=CCCC2)ccc1Cl. The second-order valence-corrected chi connectivity index (χ2v) is 4.75. The largest absolute Gasteiger partial charge is 0.0853 e. The van der Waals surface area contributed by atoms with Gasteiger partial charge in [-0.15, -0.1) is 0 Å². The van der Waals surface area contributed by atoms with Gasteiger partial charge in [-0.25, -0.2) is 0 Å². The summed E-state index contributed by atoms with van der Waals surface area (Å²) in [5.74, 6) is 0. The lowest BCUT2D eigenvalue weighted by molar-refractivity contribution is 0.844. The molecule has 0 heterocycles. The van der Waals surface area contributed by atoms with Gasteiger partial charge in [-0.3, -0.25) is 0 Å². The standard InChI is InChI=1S/C14H17Cl/c1-11-10-13(8-9-14(11)15)7-6-12-4-2-3-5-12/h4,8-10H,2-3,5-7H2,1H3. The summed E-state index contributed by atoms with van der Waals surface area (Å²) < 4.78 is 0. The van der Waals surface area contributed by atoms with E-state index >= 15 is 0 Å². The molecule has 0 spiro atoms. The molecule has 1 aliphatic carbocycles. The second-order valence-electron chi connectivity index (χ2n) is 4.34. The zero-order valence-corrected chi connectivity index (χ0v) is 9.98. The lowest BCUT2D eigenvalue weighted by Crippen LogP contribution is -1.88. The fourth-order valence-corrected chi connectivity index (χ4v) is 2.25. The molecule has 0 saturated carbocycles. The van der Waals surface area contributed by atoms with Crippen LogP contribution >= 0.6 is 11.6 Å². The molecule has 0 aliphatic heterocycles. The van der Waals surface area contributed by atoms with Gasteiger partial charge in [0.25, 0.3) is 0 Å². The van der Waals surface area contributed by atoms with Crippen LogP contribution in [0.15, 0.2) is 29.8 Å². The smallest absolute Gasteiger partial charge is 0.0435 e. The van der Waals surface area contributed by atoms with Crippen LogP contribution in [0.1, 0.15) is 36.8 Å². The molecule has 0 N–H and O–H groups in total. The minimum Gasteiger partial charge on any atom is -0.0853 e. The van der Waals surface area contributed by atoms with E-state index in [9.17, 15) is 0 Å². The molecule has 2 rings (SSSR count). The maximum Gasteiger partial charge on any atom is 0.0435 e. The first-order chi connectivity index (χ1) is 7.25. The molecule has 0 bridgehead atoms. The highest BCUT2D eigenvalue weighted by Crippen LogP contribution is 2.23. The summed E-state index contributed by atoms with van der Waals surface area (Å²) in [6.07, 6.45) is 8.74. The van der Waals surface area contributed by atoms with Crippen molar-refractivity contribution in [1.82, 2.24) is 0 Å². The molecule has 1 aliphatic rings. The number of allylic oxidation sites excluding steroid dienone is 2. The van der Waals surface area contributed by atoms with E-state index in [2.05, 4.69) is 25.1 Å². The summed E-state index contributed by atoms with van der Waals surface area (Å²) in [5, 5.41) is 0.874. The number of halogens is 1. The van der Waals surface area contributed by atoms with E-state index in [0.29, 0.717) is 0 Å². The third-order valence-electron chi connectivity index (χ3n) is 3.09. The van der Waals surface area contributed by atoms with Crippen molar-refractivity contribution in [2.75, 3.05) is 0 Å². The van der Waals surface area contributed by atoms with Crippen LogP contribution in [0, 0.1) is 6.92 Å². The molecule has 0 unspecified atom stereocenters. The number of hydrogen-bond acceptors (Lipinski definition) is 0. The van der Waals surface area contributed by atoms with Crippen LogP contribution in [-0.2, 0) is 6.42 Å². The van der Waals surface area contributed by atoms with Gasteiger partial charge in [-0.2, -0.15) is 0 Å². The average Bonchev–Trinajstić information content (AvgIpc) is 2.73. The Labute approximate surface area is 97.0 Å². The lowest BCUT2D eigenvalue weighted by Gasteiger charge is -2.05. The van der Waals surface area contributed by atoms with Crippen LogP contribution in [-0.4, -0.2) is 0 Å². The van der Waals surface area contributed by atoms with Gasteiger partial charge in [0.05, 0.1) is 0 Å². The lowest BCUT2D eigenvalue weighted by atomic mass is 10.0. The van der Waals surface area contributed by atoms with Crippen molar-refractivity contribution in [1.29, 1.82) is 0 Å². The molecule has 15 heavy (non-hydrogen) atoms. The molecule has 80 valence electrons. The van der Waals surface area contributed by atoms with Crippen molar-refractivity contribution in [3.63, 3.8) is 0 Å². The van der Waals surface area contributed by atoms with Crippen LogP contribution in [0.4, 0.5) is 0 Å². The highest BCUT2D eigenvalue weighted by Gasteiger charge is 2.05. The molecule has 0 amide bonds. The molecule has 0 fully saturated rings. The topological polar surface area (TPSA) is 0 Å². The minimum atomic E-state index is 0.874. The Morgan fingerprint density at radius 2 is 2.13 bits per heavy atom. The zero-order valence-electron chi connectivity index (χ0n) is 9.22. The van der Waals surface area contributed by atoms with Crippen molar-refractivity contribution in [3.05, 3.63) is 46.0 Å². The number of benzene rings is 1. The minimum absolute atomic E-state index is 0.874. The third-order valence-corrected chi connectivity index (χ3v) is 3.52. The highest BCUT2D eigenvalue weighted by molar-refractivity contribution is 6.31. The summed E-state index contributed by atoms with van der Waals surface area (Å²) in [7, 11) is 0. The summed E-state index contributed by atoms with van der Waals surface area (Å²) in [4.78, 5) is 0. The van der Waals surface area contributed by atoms with E-state index < -0.39 is 0 Å². The zero-order chi connectivity index (χ0) is 10.7. The molecule has 0 aromatic heterocycles. The highest BCUT2D eigenvalue weighted by atomic mass is 35.5. The van der Waals surface area contributed by atoms with E-state index in [-0.39, 0.29) is 0 Å². The third kappa shape index (κ3) is 2.85. The van der Waals surface area contributed by atoms with Crippen LogP contribution in [0.25, 0.3) is 0 Å². The Kier molecular flexibility index (Phi) is 3.48. The molecule has 1 aromatic carbocycles. The van der Waals surface area contributed by atoms with E-state index in [1.165, 1.54) is 36.8 Å². The first-order valence-electron chi connectivity index (χ1n) is 5.68. The van der Waals surface area contributed by atoms with E-state index in [0.717, 1.165) is 11.4 Å². The fourth-order valence-electron chi connectivity index (χ4n) is 2.13. The van der Waals surface area contributed by atoms with Gasteiger partial charge in [0.1, 0.15) is 0 Å². The van der Waals surface area contributed by atoms with Gasteiger partial charge in [0, 0.05) is 5.02 Å². The van der Waals surface area contributed by atoms with Gasteiger partial charge in [0.2, 0.25) is 0 Å². The molecular weight excluding hydrogens is 204 g/mol. The molecule has 1 aromatic rings. The van der Waals surface area contributed by atoms with Crippen molar-refractivity contribution < 1.29 is 0 Å². The van der Waals surface area contributed by atoms with Gasteiger partial charge in [-0.1, -0.05) is 35.4 Å². The maximum atomic E-state index is 6.00. The molecule has 0 nitrogen and oxygen atoms in total. The number of rotatable bonds is 3. The van der Waals surface area contributed by atoms with Gasteiger partial charge < -0.3 is 0 Å². The van der Waals surface area contributed by atoms with E-state index in [4.69, 9.17) is 11.6 Å². The van der Waals surface area contributed by atoms with Crippen molar-refractivity contribution in [2.24, 2.45) is 0 Å². The van der Waals surface area contributed by atoms with Crippen molar-refractivity contribution in [3.8, 4) is 0 Å². The summed E-state index contributed by atoms with van der Waals surface area (Å²) in [6.45, 7) is 2.07. The Balaban J connectivity index is 1.96. The monoisotopic (exact) mass is 220 g/mol. The van der Waals surface area contributed by atoms with E-state index in [1.807, 2.05) is 6.07 Å². The Bertz CT molecular complexity index is 377. The van der Waals surface area contributed by atoms with Gasteiger partial charge in [0.15, 0.2) is 0 Å². The van der Waals surface area contributed by atoms with Gasteiger partial charge in [-0.05, 0) is 56.2 Å². The first-order valence-corrected chi connectivity index (χ1v) is 6.06. The predicted molar refractivity (Wildman–Crippen MR) is 66.4 cm³/mol. The van der Waals surface area contributed by atoms with Crippen LogP contribution in [0.2, 0.25) is 5.02 Å². The quantitative estimate of drug-likeness (QED) is 0.649. The van der Waals surface area contributed by atoms with Crippen LogP contribution in [0.5, 0.6) is 0 Å². The second kappa shape index (κ2) is 4.85. The number of hydrogen-bond donors (Lipinski definition) is 0. The molecule has 0 saturated heterocycles. The Morgan fingerprint density at radius 3 is 2.80 bits per heavy atom. The van der Waals surface area contributed by atoms with Crippen molar-refractivity contribution >= 4 is 11.6 Å². The predicted octanol–water partition coefficient (Wildman–Crippen LogP) is 4.69. The average molecular weight is 221 g/mol. The first kappa shape index (κ1) is 10.8. The summed E-state index contributed by atoms with van der Waals surface area (Å²) >= 11 is 6.00. The molecule has 0 atom stereocenters. The molecular formula is C14H17Cl. The Morgan fingerprint density at radius 1 is 1.27 bits per heavy atom. The summed E-state index contributed by atoms with van der Waals surface area (Å²) in [6, 6.07) is 6.36. The molecule has 1 heteroatoms. The van der Waals surface area contributed by atoms with Crippen LogP contribution in [0.3, 0.4) is 0 Å². The normalized spacial score (nSPS) is 15.5.